The van der Waals surface area contributed by atoms with Gasteiger partial charge >= 0.3 is 5.97 Å². The van der Waals surface area contributed by atoms with Crippen LogP contribution in [0.15, 0.2) is 30.9 Å². The van der Waals surface area contributed by atoms with Gasteiger partial charge in [-0.25, -0.2) is 9.78 Å². The molecule has 0 atom stereocenters. The molecule has 2 aromatic rings. The van der Waals surface area contributed by atoms with Gasteiger partial charge in [0.1, 0.15) is 6.61 Å². The van der Waals surface area contributed by atoms with Gasteiger partial charge in [-0.15, -0.1) is 0 Å². The van der Waals surface area contributed by atoms with Crippen LogP contribution in [-0.4, -0.2) is 63.6 Å². The number of piperidine rings is 1. The third kappa shape index (κ3) is 4.85. The minimum atomic E-state index is -1.02. The zero-order valence-corrected chi connectivity index (χ0v) is 15.2. The number of carboxylic acid groups (broad SMARTS) is 1. The van der Waals surface area contributed by atoms with Gasteiger partial charge in [-0.3, -0.25) is 14.8 Å². The predicted octanol–water partition coefficient (Wildman–Crippen LogP) is 1.66. The van der Waals surface area contributed by atoms with E-state index in [1.54, 1.807) is 24.7 Å². The molecule has 8 heteroatoms. The highest BCUT2D eigenvalue weighted by atomic mass is 16.5. The summed E-state index contributed by atoms with van der Waals surface area (Å²) >= 11 is 0. The lowest BCUT2D eigenvalue weighted by Crippen LogP contribution is -2.40. The van der Waals surface area contributed by atoms with Crippen molar-refractivity contribution >= 4 is 11.9 Å². The molecule has 8 nitrogen and oxygen atoms in total. The van der Waals surface area contributed by atoms with Crippen LogP contribution in [0.25, 0.3) is 11.3 Å². The van der Waals surface area contributed by atoms with Crippen molar-refractivity contribution in [3.05, 3.63) is 42.1 Å². The summed E-state index contributed by atoms with van der Waals surface area (Å²) in [7, 11) is 1.53. The first-order valence-corrected chi connectivity index (χ1v) is 8.83. The zero-order valence-electron chi connectivity index (χ0n) is 15.2. The van der Waals surface area contributed by atoms with E-state index in [0.29, 0.717) is 17.2 Å². The second kappa shape index (κ2) is 8.68. The molecule has 0 radical (unpaired) electrons. The highest BCUT2D eigenvalue weighted by molar-refractivity contribution is 5.88. The number of amides is 1. The highest BCUT2D eigenvalue weighted by Gasteiger charge is 2.23. The topological polar surface area (TPSA) is 106 Å². The van der Waals surface area contributed by atoms with E-state index in [0.717, 1.165) is 38.0 Å². The largest absolute Gasteiger partial charge is 0.478 e. The summed E-state index contributed by atoms with van der Waals surface area (Å²) in [4.78, 5) is 37.7. The number of hydrogen-bond donors (Lipinski definition) is 1. The van der Waals surface area contributed by atoms with E-state index >= 15 is 0 Å². The number of aromatic nitrogens is 3. The quantitative estimate of drug-likeness (QED) is 0.824. The molecule has 0 aliphatic carbocycles. The van der Waals surface area contributed by atoms with Crippen molar-refractivity contribution in [2.24, 2.45) is 5.92 Å². The molecule has 3 heterocycles. The number of pyridine rings is 1. The summed E-state index contributed by atoms with van der Waals surface area (Å²) in [5.41, 5.74) is 2.21. The van der Waals surface area contributed by atoms with Crippen LogP contribution in [0.1, 0.15) is 28.9 Å². The van der Waals surface area contributed by atoms with Crippen LogP contribution >= 0.6 is 0 Å². The fourth-order valence-corrected chi connectivity index (χ4v) is 3.24. The molecule has 0 bridgehead atoms. The predicted molar refractivity (Wildman–Crippen MR) is 97.1 cm³/mol. The summed E-state index contributed by atoms with van der Waals surface area (Å²) in [5.74, 6) is -0.559. The number of hydrogen-bond acceptors (Lipinski definition) is 6. The summed E-state index contributed by atoms with van der Waals surface area (Å²) in [6.45, 7) is 1.58. The first-order chi connectivity index (χ1) is 13.1. The van der Waals surface area contributed by atoms with Crippen molar-refractivity contribution in [2.75, 3.05) is 26.8 Å². The molecule has 27 heavy (non-hydrogen) atoms. The van der Waals surface area contributed by atoms with Gasteiger partial charge in [0.05, 0.1) is 23.1 Å². The molecule has 0 unspecified atom stereocenters. The molecule has 3 rings (SSSR count). The first-order valence-electron chi connectivity index (χ1n) is 8.83. The fourth-order valence-electron chi connectivity index (χ4n) is 3.24. The SMILES string of the molecule is COCC(=O)N1CCC(Cc2cncc(-c3cncc(C(=O)O)c3)n2)CC1. The van der Waals surface area contributed by atoms with Crippen LogP contribution in [0.2, 0.25) is 0 Å². The maximum absolute atomic E-state index is 11.9. The number of ether oxygens (including phenoxy) is 1. The van der Waals surface area contributed by atoms with Gasteiger partial charge in [-0.05, 0) is 31.2 Å². The summed E-state index contributed by atoms with van der Waals surface area (Å²) in [6, 6.07) is 1.54. The van der Waals surface area contributed by atoms with Gasteiger partial charge < -0.3 is 14.7 Å². The minimum absolute atomic E-state index is 0.0311. The van der Waals surface area contributed by atoms with E-state index in [9.17, 15) is 9.59 Å². The van der Waals surface area contributed by atoms with Crippen LogP contribution < -0.4 is 0 Å². The summed E-state index contributed by atoms with van der Waals surface area (Å²) in [6.07, 6.45) is 8.84. The van der Waals surface area contributed by atoms with E-state index in [1.807, 2.05) is 4.90 Å². The van der Waals surface area contributed by atoms with Crippen molar-refractivity contribution in [3.63, 3.8) is 0 Å². The van der Waals surface area contributed by atoms with Crippen LogP contribution in [0, 0.1) is 5.92 Å². The van der Waals surface area contributed by atoms with Crippen molar-refractivity contribution in [3.8, 4) is 11.3 Å². The van der Waals surface area contributed by atoms with Gasteiger partial charge in [0, 0.05) is 44.4 Å². The number of rotatable bonds is 6. The molecule has 1 aliphatic rings. The molecule has 0 saturated carbocycles. The van der Waals surface area contributed by atoms with Gasteiger partial charge in [0.25, 0.3) is 0 Å². The molecular weight excluding hydrogens is 348 g/mol. The van der Waals surface area contributed by atoms with Crippen LogP contribution in [0.4, 0.5) is 0 Å². The van der Waals surface area contributed by atoms with Gasteiger partial charge in [0.15, 0.2) is 0 Å². The Bertz CT molecular complexity index is 819. The number of nitrogens with zero attached hydrogens (tertiary/aromatic N) is 4. The molecular formula is C19H22N4O4. The Kier molecular flexibility index (Phi) is 6.08. The number of likely N-dealkylation sites (tertiary alicyclic amines) is 1. The van der Waals surface area contributed by atoms with Crippen LogP contribution in [-0.2, 0) is 16.0 Å². The van der Waals surface area contributed by atoms with Gasteiger partial charge in [-0.2, -0.15) is 0 Å². The molecule has 142 valence electrons. The molecule has 1 saturated heterocycles. The molecule has 0 spiro atoms. The maximum Gasteiger partial charge on any atom is 0.337 e. The third-order valence-corrected chi connectivity index (χ3v) is 4.70. The molecule has 1 fully saturated rings. The average Bonchev–Trinajstić information content (AvgIpc) is 2.69. The number of carbonyl (C=O) groups excluding carboxylic acids is 1. The van der Waals surface area contributed by atoms with E-state index in [1.165, 1.54) is 13.3 Å². The van der Waals surface area contributed by atoms with Crippen LogP contribution in [0.5, 0.6) is 0 Å². The number of carboxylic acids is 1. The monoisotopic (exact) mass is 370 g/mol. The Morgan fingerprint density at radius 2 is 1.93 bits per heavy atom. The Morgan fingerprint density at radius 3 is 2.63 bits per heavy atom. The number of methoxy groups -OCH3 is 1. The van der Waals surface area contributed by atoms with Gasteiger partial charge in [-0.1, -0.05) is 0 Å². The van der Waals surface area contributed by atoms with Gasteiger partial charge in [0.2, 0.25) is 5.91 Å². The normalized spacial score (nSPS) is 14.9. The Hall–Kier alpha value is -2.87. The van der Waals surface area contributed by atoms with Crippen molar-refractivity contribution < 1.29 is 19.4 Å². The Morgan fingerprint density at radius 1 is 1.19 bits per heavy atom. The molecule has 2 aromatic heterocycles. The van der Waals surface area contributed by atoms with E-state index in [-0.39, 0.29) is 18.1 Å². The summed E-state index contributed by atoms with van der Waals surface area (Å²) < 4.78 is 4.91. The smallest absolute Gasteiger partial charge is 0.337 e. The van der Waals surface area contributed by atoms with Crippen molar-refractivity contribution in [1.29, 1.82) is 0 Å². The molecule has 0 aromatic carbocycles. The Balaban J connectivity index is 1.64. The van der Waals surface area contributed by atoms with Crippen LogP contribution in [0.3, 0.4) is 0 Å². The third-order valence-electron chi connectivity index (χ3n) is 4.70. The second-order valence-electron chi connectivity index (χ2n) is 6.62. The zero-order chi connectivity index (χ0) is 19.2. The standard InChI is InChI=1S/C19H22N4O4/c1-27-12-18(24)23-4-2-13(3-5-23)6-16-10-21-11-17(22-16)14-7-15(19(25)26)9-20-8-14/h7-11,13H,2-6,12H2,1H3,(H,25,26). The lowest BCUT2D eigenvalue weighted by Gasteiger charge is -2.31. The number of aromatic carboxylic acids is 1. The molecule has 1 amide bonds. The lowest BCUT2D eigenvalue weighted by molar-refractivity contribution is -0.136. The van der Waals surface area contributed by atoms with Crippen molar-refractivity contribution in [2.45, 2.75) is 19.3 Å². The van der Waals surface area contributed by atoms with Crippen molar-refractivity contribution in [1.82, 2.24) is 19.9 Å². The molecule has 1 N–H and O–H groups in total. The number of carbonyl (C=O) groups is 2. The van der Waals surface area contributed by atoms with E-state index in [4.69, 9.17) is 9.84 Å². The second-order valence-corrected chi connectivity index (χ2v) is 6.62. The minimum Gasteiger partial charge on any atom is -0.478 e. The first kappa shape index (κ1) is 18.9. The fraction of sp³-hybridized carbons (Fsp3) is 0.421. The molecule has 1 aliphatic heterocycles. The average molecular weight is 370 g/mol. The van der Waals surface area contributed by atoms with E-state index in [2.05, 4.69) is 15.0 Å². The summed E-state index contributed by atoms with van der Waals surface area (Å²) in [5, 5.41) is 9.11. The van der Waals surface area contributed by atoms with E-state index < -0.39 is 5.97 Å². The maximum atomic E-state index is 11.9. The lowest BCUT2D eigenvalue weighted by atomic mass is 9.92. The highest BCUT2D eigenvalue weighted by Crippen LogP contribution is 2.23. The Labute approximate surface area is 157 Å².